The number of esters is 1. The number of benzene rings is 1. The van der Waals surface area contributed by atoms with Crippen molar-refractivity contribution in [2.45, 2.75) is 34.1 Å². The van der Waals surface area contributed by atoms with Crippen molar-refractivity contribution in [2.75, 3.05) is 7.11 Å². The number of methoxy groups -OCH3 is 1. The second-order valence-corrected chi connectivity index (χ2v) is 7.84. The first-order valence-corrected chi connectivity index (χ1v) is 8.88. The molecule has 1 aliphatic carbocycles. The lowest BCUT2D eigenvalue weighted by atomic mass is 9.62. The lowest BCUT2D eigenvalue weighted by molar-refractivity contribution is -0.131. The summed E-state index contributed by atoms with van der Waals surface area (Å²) in [5.74, 6) is 1.67. The molecule has 130 valence electrons. The molecule has 0 radical (unpaired) electrons. The van der Waals surface area contributed by atoms with Gasteiger partial charge in [-0.05, 0) is 57.3 Å². The first-order valence-electron chi connectivity index (χ1n) is 8.08. The molecule has 0 aliphatic heterocycles. The molecule has 2 rings (SSSR count). The zero-order chi connectivity index (χ0) is 18.1. The zero-order valence-corrected chi connectivity index (χ0v) is 16.6. The first-order chi connectivity index (χ1) is 11.2. The Morgan fingerprint density at radius 1 is 1.33 bits per heavy atom. The quantitative estimate of drug-likeness (QED) is 0.512. The van der Waals surface area contributed by atoms with Gasteiger partial charge in [0.15, 0.2) is 0 Å². The van der Waals surface area contributed by atoms with Gasteiger partial charge in [-0.3, -0.25) is 4.79 Å². The molecule has 0 bridgehead atoms. The van der Waals surface area contributed by atoms with Crippen LogP contribution in [0.4, 0.5) is 0 Å². The predicted molar refractivity (Wildman–Crippen MR) is 100 cm³/mol. The molecule has 0 fully saturated rings. The van der Waals surface area contributed by atoms with E-state index in [-0.39, 0.29) is 17.3 Å². The predicted octanol–water partition coefficient (Wildman–Crippen LogP) is 5.33. The molecule has 0 N–H and O–H groups in total. The third-order valence-corrected chi connectivity index (χ3v) is 5.75. The van der Waals surface area contributed by atoms with E-state index in [2.05, 4.69) is 55.4 Å². The molecule has 1 aliphatic rings. The van der Waals surface area contributed by atoms with E-state index in [1.807, 2.05) is 6.07 Å². The van der Waals surface area contributed by atoms with Crippen molar-refractivity contribution in [3.63, 3.8) is 0 Å². The Balaban J connectivity index is 2.45. The summed E-state index contributed by atoms with van der Waals surface area (Å²) in [4.78, 5) is 11.5. The van der Waals surface area contributed by atoms with Gasteiger partial charge in [0.2, 0.25) is 0 Å². The van der Waals surface area contributed by atoms with Crippen molar-refractivity contribution < 1.29 is 14.3 Å². The highest BCUT2D eigenvalue weighted by atomic mass is 79.9. The largest absolute Gasteiger partial charge is 0.496 e. The summed E-state index contributed by atoms with van der Waals surface area (Å²) < 4.78 is 11.6. The molecule has 0 spiro atoms. The maximum atomic E-state index is 11.5. The molecular formula is C20H25BrO3. The van der Waals surface area contributed by atoms with Gasteiger partial charge < -0.3 is 9.47 Å². The summed E-state index contributed by atoms with van der Waals surface area (Å²) >= 11 is 3.46. The van der Waals surface area contributed by atoms with E-state index in [1.54, 1.807) is 13.2 Å². The monoisotopic (exact) mass is 392 g/mol. The number of halogens is 1. The van der Waals surface area contributed by atoms with Crippen LogP contribution in [0.3, 0.4) is 0 Å². The van der Waals surface area contributed by atoms with Crippen LogP contribution in [0.2, 0.25) is 0 Å². The fraction of sp³-hybridized carbons (Fsp3) is 0.450. The number of hydrogen-bond donors (Lipinski definition) is 0. The van der Waals surface area contributed by atoms with E-state index in [4.69, 9.17) is 9.47 Å². The highest BCUT2D eigenvalue weighted by molar-refractivity contribution is 9.10. The summed E-state index contributed by atoms with van der Waals surface area (Å²) in [6.45, 7) is 12.4. The van der Waals surface area contributed by atoms with Gasteiger partial charge in [0.1, 0.15) is 11.5 Å². The number of rotatable bonds is 4. The topological polar surface area (TPSA) is 35.5 Å². The lowest BCUT2D eigenvalue weighted by Crippen LogP contribution is -2.35. The third-order valence-electron chi connectivity index (χ3n) is 5.13. The average molecular weight is 393 g/mol. The van der Waals surface area contributed by atoms with Crippen molar-refractivity contribution >= 4 is 21.9 Å². The van der Waals surface area contributed by atoms with Gasteiger partial charge in [-0.1, -0.05) is 45.1 Å². The summed E-state index contributed by atoms with van der Waals surface area (Å²) in [6, 6.07) is 3.74. The van der Waals surface area contributed by atoms with Crippen LogP contribution in [0, 0.1) is 17.3 Å². The molecule has 0 amide bonds. The Morgan fingerprint density at radius 2 is 2.00 bits per heavy atom. The van der Waals surface area contributed by atoms with E-state index >= 15 is 0 Å². The molecule has 24 heavy (non-hydrogen) atoms. The van der Waals surface area contributed by atoms with Crippen LogP contribution in [-0.4, -0.2) is 13.1 Å². The van der Waals surface area contributed by atoms with Crippen LogP contribution in [0.5, 0.6) is 11.5 Å². The molecule has 0 saturated heterocycles. The number of allylic oxidation sites excluding steroid dienone is 3. The Morgan fingerprint density at radius 3 is 2.58 bits per heavy atom. The van der Waals surface area contributed by atoms with Crippen LogP contribution < -0.4 is 9.47 Å². The third kappa shape index (κ3) is 3.75. The number of ether oxygens (including phenoxy) is 2. The maximum absolute atomic E-state index is 11.5. The zero-order valence-electron chi connectivity index (χ0n) is 15.0. The SMILES string of the molecule is C=C1C=C[C@H](C)C(C)(C)[C@H]1Cc1cc(OC)c(Br)cc1OC(C)=O. The van der Waals surface area contributed by atoms with Crippen LogP contribution in [0.1, 0.15) is 33.3 Å². The van der Waals surface area contributed by atoms with E-state index in [9.17, 15) is 4.79 Å². The number of hydrogen-bond acceptors (Lipinski definition) is 3. The number of carbonyl (C=O) groups is 1. The van der Waals surface area contributed by atoms with Gasteiger partial charge in [0, 0.05) is 6.92 Å². The normalized spacial score (nSPS) is 22.3. The summed E-state index contributed by atoms with van der Waals surface area (Å²) in [7, 11) is 1.63. The summed E-state index contributed by atoms with van der Waals surface area (Å²) in [5, 5.41) is 0. The minimum atomic E-state index is -0.330. The molecule has 4 heteroatoms. The Bertz CT molecular complexity index is 688. The first kappa shape index (κ1) is 18.8. The fourth-order valence-electron chi connectivity index (χ4n) is 3.18. The summed E-state index contributed by atoms with van der Waals surface area (Å²) in [6.07, 6.45) is 5.07. The molecule has 0 aromatic heterocycles. The van der Waals surface area contributed by atoms with Crippen LogP contribution in [-0.2, 0) is 11.2 Å². The van der Waals surface area contributed by atoms with E-state index in [0.29, 0.717) is 11.7 Å². The minimum absolute atomic E-state index is 0.0691. The van der Waals surface area contributed by atoms with Crippen molar-refractivity contribution in [2.24, 2.45) is 17.3 Å². The van der Waals surface area contributed by atoms with Crippen LogP contribution in [0.25, 0.3) is 0 Å². The maximum Gasteiger partial charge on any atom is 0.308 e. The van der Waals surface area contributed by atoms with E-state index < -0.39 is 0 Å². The van der Waals surface area contributed by atoms with Crippen molar-refractivity contribution in [1.29, 1.82) is 0 Å². The standard InChI is InChI=1S/C20H25BrO3/c1-12-7-8-13(2)20(4,5)16(12)9-15-10-19(23-6)17(21)11-18(15)24-14(3)22/h7-8,10-11,13,16H,1,9H2,2-6H3/t13-,16-/m0/s1. The van der Waals surface area contributed by atoms with Crippen molar-refractivity contribution in [1.82, 2.24) is 0 Å². The molecule has 3 nitrogen and oxygen atoms in total. The van der Waals surface area contributed by atoms with Gasteiger partial charge in [0.25, 0.3) is 0 Å². The van der Waals surface area contributed by atoms with Gasteiger partial charge in [-0.2, -0.15) is 0 Å². The molecule has 1 aromatic rings. The van der Waals surface area contributed by atoms with Gasteiger partial charge in [-0.25, -0.2) is 0 Å². The second-order valence-electron chi connectivity index (χ2n) is 6.99. The highest BCUT2D eigenvalue weighted by Gasteiger charge is 2.37. The van der Waals surface area contributed by atoms with Gasteiger partial charge >= 0.3 is 5.97 Å². The molecule has 0 unspecified atom stereocenters. The molecular weight excluding hydrogens is 368 g/mol. The fourth-order valence-corrected chi connectivity index (χ4v) is 3.67. The van der Waals surface area contributed by atoms with Crippen molar-refractivity contribution in [3.8, 4) is 11.5 Å². The molecule has 0 heterocycles. The number of carbonyl (C=O) groups excluding carboxylic acids is 1. The Kier molecular flexibility index (Phi) is 5.59. The Hall–Kier alpha value is -1.55. The van der Waals surface area contributed by atoms with Crippen molar-refractivity contribution in [3.05, 3.63) is 46.5 Å². The smallest absolute Gasteiger partial charge is 0.308 e. The molecule has 1 aromatic carbocycles. The Labute approximate surface area is 152 Å². The summed E-state index contributed by atoms with van der Waals surface area (Å²) in [5.41, 5.74) is 2.13. The molecule has 2 atom stereocenters. The molecule has 0 saturated carbocycles. The minimum Gasteiger partial charge on any atom is -0.496 e. The van der Waals surface area contributed by atoms with Crippen LogP contribution >= 0.6 is 15.9 Å². The van der Waals surface area contributed by atoms with E-state index in [1.165, 1.54) is 6.92 Å². The lowest BCUT2D eigenvalue weighted by Gasteiger charge is -2.42. The van der Waals surface area contributed by atoms with E-state index in [0.717, 1.165) is 27.8 Å². The average Bonchev–Trinajstić information content (AvgIpc) is 2.49. The van der Waals surface area contributed by atoms with Crippen LogP contribution in [0.15, 0.2) is 40.9 Å². The van der Waals surface area contributed by atoms with Gasteiger partial charge in [-0.15, -0.1) is 0 Å². The second kappa shape index (κ2) is 7.14. The van der Waals surface area contributed by atoms with Gasteiger partial charge in [0.05, 0.1) is 11.6 Å². The highest BCUT2D eigenvalue weighted by Crippen LogP contribution is 2.46.